The molecule has 1 aromatic rings. The van der Waals surface area contributed by atoms with Crippen LogP contribution >= 0.6 is 15.9 Å². The van der Waals surface area contributed by atoms with Crippen LogP contribution < -0.4 is 0 Å². The molecule has 1 aromatic carbocycles. The molecule has 1 heterocycles. The highest BCUT2D eigenvalue weighted by molar-refractivity contribution is 9.09. The van der Waals surface area contributed by atoms with Gasteiger partial charge in [0.15, 0.2) is 0 Å². The predicted molar refractivity (Wildman–Crippen MR) is 69.7 cm³/mol. The van der Waals surface area contributed by atoms with E-state index in [0.29, 0.717) is 0 Å². The maximum absolute atomic E-state index is 10.1. The fourth-order valence-electron chi connectivity index (χ4n) is 2.04. The van der Waals surface area contributed by atoms with Crippen molar-refractivity contribution in [3.8, 4) is 0 Å². The molecule has 1 N–H and O–H groups in total. The van der Waals surface area contributed by atoms with Gasteiger partial charge in [0.1, 0.15) is 0 Å². The Morgan fingerprint density at radius 3 is 2.75 bits per heavy atom. The van der Waals surface area contributed by atoms with E-state index in [1.165, 1.54) is 5.56 Å². The van der Waals surface area contributed by atoms with E-state index in [2.05, 4.69) is 45.1 Å². The predicted octanol–water partition coefficient (Wildman–Crippen LogP) is 2.41. The molecule has 0 aromatic heterocycles. The van der Waals surface area contributed by atoms with Crippen molar-refractivity contribution >= 4 is 15.9 Å². The van der Waals surface area contributed by atoms with Gasteiger partial charge in [-0.2, -0.15) is 0 Å². The summed E-state index contributed by atoms with van der Waals surface area (Å²) in [5.74, 6) is 0. The van der Waals surface area contributed by atoms with Gasteiger partial charge in [0.2, 0.25) is 0 Å². The van der Waals surface area contributed by atoms with Crippen molar-refractivity contribution in [2.75, 3.05) is 13.1 Å². The number of piperidine rings is 1. The first-order chi connectivity index (χ1) is 7.58. The Balaban J connectivity index is 1.94. The number of rotatable bonds is 2. The Morgan fingerprint density at radius 2 is 2.12 bits per heavy atom. The number of benzene rings is 1. The Bertz CT molecular complexity index is 339. The molecule has 1 aliphatic rings. The third-order valence-corrected chi connectivity index (χ3v) is 4.55. The van der Waals surface area contributed by atoms with Gasteiger partial charge in [0, 0.05) is 19.6 Å². The van der Waals surface area contributed by atoms with Gasteiger partial charge in [-0.3, -0.25) is 4.90 Å². The van der Waals surface area contributed by atoms with Crippen LogP contribution in [-0.4, -0.2) is 33.5 Å². The molecule has 0 radical (unpaired) electrons. The zero-order chi connectivity index (χ0) is 11.6. The molecule has 88 valence electrons. The molecule has 16 heavy (non-hydrogen) atoms. The summed E-state index contributed by atoms with van der Waals surface area (Å²) in [7, 11) is 0. The molecule has 0 bridgehead atoms. The summed E-state index contributed by atoms with van der Waals surface area (Å²) in [4.78, 5) is 2.55. The molecule has 0 saturated carbocycles. The van der Waals surface area contributed by atoms with Gasteiger partial charge < -0.3 is 5.11 Å². The Labute approximate surface area is 105 Å². The highest BCUT2D eigenvalue weighted by Gasteiger charge is 2.35. The first kappa shape index (κ1) is 12.1. The minimum absolute atomic E-state index is 0.164. The third kappa shape index (κ3) is 2.84. The zero-order valence-electron chi connectivity index (χ0n) is 9.56. The van der Waals surface area contributed by atoms with E-state index in [0.717, 1.165) is 26.1 Å². The summed E-state index contributed by atoms with van der Waals surface area (Å²) in [6.45, 7) is 4.75. The molecule has 1 aliphatic heterocycles. The van der Waals surface area contributed by atoms with Gasteiger partial charge in [0.25, 0.3) is 0 Å². The molecular weight excluding hydrogens is 266 g/mol. The summed E-state index contributed by atoms with van der Waals surface area (Å²) in [6.07, 6.45) is 0.829. The van der Waals surface area contributed by atoms with Gasteiger partial charge in [0.05, 0.1) is 10.4 Å². The lowest BCUT2D eigenvalue weighted by Crippen LogP contribution is -2.50. The fraction of sp³-hybridized carbons (Fsp3) is 0.538. The van der Waals surface area contributed by atoms with E-state index in [1.807, 2.05) is 13.0 Å². The topological polar surface area (TPSA) is 23.5 Å². The minimum Gasteiger partial charge on any atom is -0.389 e. The Morgan fingerprint density at radius 1 is 1.44 bits per heavy atom. The molecule has 2 rings (SSSR count). The van der Waals surface area contributed by atoms with E-state index < -0.39 is 5.60 Å². The van der Waals surface area contributed by atoms with E-state index in [4.69, 9.17) is 0 Å². The van der Waals surface area contributed by atoms with E-state index in [-0.39, 0.29) is 4.83 Å². The van der Waals surface area contributed by atoms with Gasteiger partial charge >= 0.3 is 0 Å². The van der Waals surface area contributed by atoms with Crippen LogP contribution in [0, 0.1) is 0 Å². The van der Waals surface area contributed by atoms with Crippen molar-refractivity contribution in [3.05, 3.63) is 35.9 Å². The largest absolute Gasteiger partial charge is 0.389 e. The number of likely N-dealkylation sites (tertiary alicyclic amines) is 1. The number of nitrogens with zero attached hydrogens (tertiary/aromatic N) is 1. The van der Waals surface area contributed by atoms with Crippen LogP contribution in [0.4, 0.5) is 0 Å². The van der Waals surface area contributed by atoms with Crippen molar-refractivity contribution < 1.29 is 5.11 Å². The zero-order valence-corrected chi connectivity index (χ0v) is 11.2. The second-order valence-corrected chi connectivity index (χ2v) is 5.90. The summed E-state index contributed by atoms with van der Waals surface area (Å²) in [5.41, 5.74) is 0.774. The quantitative estimate of drug-likeness (QED) is 0.843. The van der Waals surface area contributed by atoms with Crippen LogP contribution in [0.1, 0.15) is 18.9 Å². The van der Waals surface area contributed by atoms with Crippen molar-refractivity contribution in [2.24, 2.45) is 0 Å². The van der Waals surface area contributed by atoms with E-state index in [1.54, 1.807) is 0 Å². The number of hydrogen-bond acceptors (Lipinski definition) is 2. The van der Waals surface area contributed by atoms with Crippen molar-refractivity contribution in [2.45, 2.75) is 30.3 Å². The van der Waals surface area contributed by atoms with Crippen LogP contribution in [0.5, 0.6) is 0 Å². The summed E-state index contributed by atoms with van der Waals surface area (Å²) >= 11 is 3.57. The molecule has 0 aliphatic carbocycles. The van der Waals surface area contributed by atoms with Crippen LogP contribution in [0.25, 0.3) is 0 Å². The number of alkyl halides is 1. The van der Waals surface area contributed by atoms with Crippen molar-refractivity contribution in [1.29, 1.82) is 0 Å². The molecule has 1 saturated heterocycles. The summed E-state index contributed by atoms with van der Waals surface area (Å²) < 4.78 is 0. The van der Waals surface area contributed by atoms with Gasteiger partial charge in [-0.05, 0) is 18.9 Å². The van der Waals surface area contributed by atoms with Gasteiger partial charge in [-0.15, -0.1) is 0 Å². The molecule has 2 atom stereocenters. The Kier molecular flexibility index (Phi) is 3.67. The second-order valence-electron chi connectivity index (χ2n) is 4.80. The molecule has 0 amide bonds. The Hall–Kier alpha value is -0.380. The smallest absolute Gasteiger partial charge is 0.0768 e. The molecule has 1 fully saturated rings. The lowest BCUT2D eigenvalue weighted by atomic mass is 9.93. The maximum Gasteiger partial charge on any atom is 0.0768 e. The van der Waals surface area contributed by atoms with Crippen LogP contribution in [-0.2, 0) is 6.54 Å². The standard InChI is InChI=1S/C13H18BrNO/c1-13(16)7-8-15(10-12(13)14)9-11-5-3-2-4-6-11/h2-6,12,16H,7-10H2,1H3. The highest BCUT2D eigenvalue weighted by Crippen LogP contribution is 2.28. The SMILES string of the molecule is CC1(O)CCN(Cc2ccccc2)CC1Br. The van der Waals surface area contributed by atoms with E-state index in [9.17, 15) is 5.11 Å². The number of halogens is 1. The van der Waals surface area contributed by atoms with Crippen LogP contribution in [0.3, 0.4) is 0 Å². The number of aliphatic hydroxyl groups is 1. The first-order valence-corrected chi connectivity index (χ1v) is 6.62. The second kappa shape index (κ2) is 4.86. The summed E-state index contributed by atoms with van der Waals surface area (Å²) in [6, 6.07) is 10.5. The average molecular weight is 284 g/mol. The van der Waals surface area contributed by atoms with Crippen molar-refractivity contribution in [1.82, 2.24) is 4.90 Å². The minimum atomic E-state index is -0.562. The molecule has 2 nitrogen and oxygen atoms in total. The third-order valence-electron chi connectivity index (χ3n) is 3.28. The fourth-order valence-corrected chi connectivity index (χ4v) is 2.68. The first-order valence-electron chi connectivity index (χ1n) is 5.71. The highest BCUT2D eigenvalue weighted by atomic mass is 79.9. The normalized spacial score (nSPS) is 31.6. The summed E-state index contributed by atoms with van der Waals surface area (Å²) in [5, 5.41) is 10.1. The van der Waals surface area contributed by atoms with Crippen LogP contribution in [0.2, 0.25) is 0 Å². The monoisotopic (exact) mass is 283 g/mol. The van der Waals surface area contributed by atoms with Gasteiger partial charge in [-0.25, -0.2) is 0 Å². The molecule has 0 spiro atoms. The van der Waals surface area contributed by atoms with E-state index >= 15 is 0 Å². The van der Waals surface area contributed by atoms with Crippen LogP contribution in [0.15, 0.2) is 30.3 Å². The average Bonchev–Trinajstić information content (AvgIpc) is 2.26. The van der Waals surface area contributed by atoms with Crippen molar-refractivity contribution in [3.63, 3.8) is 0 Å². The van der Waals surface area contributed by atoms with Gasteiger partial charge in [-0.1, -0.05) is 46.3 Å². The molecular formula is C13H18BrNO. The molecule has 3 heteroatoms. The lowest BCUT2D eigenvalue weighted by molar-refractivity contribution is 0.00142. The number of hydrogen-bond donors (Lipinski definition) is 1. The lowest BCUT2D eigenvalue weighted by Gasteiger charge is -2.40. The molecule has 2 unspecified atom stereocenters. The maximum atomic E-state index is 10.1.